The molecule has 0 radical (unpaired) electrons. The second-order valence-corrected chi connectivity index (χ2v) is 4.41. The molecule has 18 heavy (non-hydrogen) atoms. The SMILES string of the molecule is Fc1cc(S)ccc1OCCCCCC(F)(F)F. The number of alkyl halides is 3. The van der Waals surface area contributed by atoms with Gasteiger partial charge in [0, 0.05) is 11.3 Å². The molecule has 0 N–H and O–H groups in total. The highest BCUT2D eigenvalue weighted by atomic mass is 32.1. The molecule has 1 aromatic rings. The van der Waals surface area contributed by atoms with Crippen LogP contribution in [0.2, 0.25) is 0 Å². The van der Waals surface area contributed by atoms with Crippen LogP contribution in [0.3, 0.4) is 0 Å². The van der Waals surface area contributed by atoms with Crippen LogP contribution in [0, 0.1) is 5.82 Å². The maximum Gasteiger partial charge on any atom is 0.389 e. The molecule has 0 aliphatic heterocycles. The summed E-state index contributed by atoms with van der Waals surface area (Å²) in [5.41, 5.74) is 0. The van der Waals surface area contributed by atoms with Gasteiger partial charge in [0.1, 0.15) is 0 Å². The van der Waals surface area contributed by atoms with E-state index in [1.54, 1.807) is 6.07 Å². The van der Waals surface area contributed by atoms with Gasteiger partial charge in [0.25, 0.3) is 0 Å². The molecule has 102 valence electrons. The molecule has 0 atom stereocenters. The maximum atomic E-state index is 13.3. The molecule has 0 saturated carbocycles. The third kappa shape index (κ3) is 6.14. The van der Waals surface area contributed by atoms with Crippen molar-refractivity contribution in [3.63, 3.8) is 0 Å². The van der Waals surface area contributed by atoms with Crippen molar-refractivity contribution in [2.45, 2.75) is 36.8 Å². The Bertz CT molecular complexity index is 379. The molecular formula is C12H14F4OS. The van der Waals surface area contributed by atoms with E-state index < -0.39 is 18.4 Å². The highest BCUT2D eigenvalue weighted by Gasteiger charge is 2.25. The Morgan fingerprint density at radius 2 is 1.83 bits per heavy atom. The van der Waals surface area contributed by atoms with E-state index in [2.05, 4.69) is 12.6 Å². The summed E-state index contributed by atoms with van der Waals surface area (Å²) in [6.07, 6.45) is -3.93. The van der Waals surface area contributed by atoms with Crippen molar-refractivity contribution in [1.82, 2.24) is 0 Å². The van der Waals surface area contributed by atoms with Gasteiger partial charge in [-0.2, -0.15) is 13.2 Å². The Labute approximate surface area is 109 Å². The summed E-state index contributed by atoms with van der Waals surface area (Å²) in [5, 5.41) is 0. The number of benzene rings is 1. The van der Waals surface area contributed by atoms with E-state index in [1.165, 1.54) is 12.1 Å². The molecule has 0 fully saturated rings. The monoisotopic (exact) mass is 282 g/mol. The van der Waals surface area contributed by atoms with E-state index >= 15 is 0 Å². The number of hydrogen-bond donors (Lipinski definition) is 1. The average molecular weight is 282 g/mol. The van der Waals surface area contributed by atoms with Crippen LogP contribution in [-0.2, 0) is 0 Å². The second kappa shape index (κ2) is 6.87. The number of rotatable bonds is 6. The summed E-state index contributed by atoms with van der Waals surface area (Å²) in [6, 6.07) is 4.26. The summed E-state index contributed by atoms with van der Waals surface area (Å²) < 4.78 is 53.9. The van der Waals surface area contributed by atoms with Gasteiger partial charge in [-0.3, -0.25) is 0 Å². The first-order valence-corrected chi connectivity index (χ1v) is 6.01. The van der Waals surface area contributed by atoms with Gasteiger partial charge in [0.15, 0.2) is 11.6 Å². The van der Waals surface area contributed by atoms with E-state index in [-0.39, 0.29) is 18.8 Å². The normalized spacial score (nSPS) is 11.6. The largest absolute Gasteiger partial charge is 0.491 e. The van der Waals surface area contributed by atoms with E-state index in [9.17, 15) is 17.6 Å². The molecule has 0 aliphatic carbocycles. The molecule has 6 heteroatoms. The third-order valence-electron chi connectivity index (χ3n) is 2.28. The van der Waals surface area contributed by atoms with Crippen LogP contribution in [0.1, 0.15) is 25.7 Å². The Morgan fingerprint density at radius 1 is 1.11 bits per heavy atom. The van der Waals surface area contributed by atoms with Crippen molar-refractivity contribution >= 4 is 12.6 Å². The molecule has 0 aliphatic rings. The number of ether oxygens (including phenoxy) is 1. The molecule has 0 saturated heterocycles. The smallest absolute Gasteiger partial charge is 0.389 e. The molecule has 0 heterocycles. The van der Waals surface area contributed by atoms with E-state index in [0.717, 1.165) is 0 Å². The molecule has 0 bridgehead atoms. The first kappa shape index (κ1) is 15.1. The fraction of sp³-hybridized carbons (Fsp3) is 0.500. The Hall–Kier alpha value is -0.910. The zero-order valence-electron chi connectivity index (χ0n) is 9.63. The lowest BCUT2D eigenvalue weighted by molar-refractivity contribution is -0.135. The average Bonchev–Trinajstić information content (AvgIpc) is 2.24. The van der Waals surface area contributed by atoms with Gasteiger partial charge in [-0.05, 0) is 37.5 Å². The quantitative estimate of drug-likeness (QED) is 0.455. The minimum atomic E-state index is -4.10. The molecule has 1 rings (SSSR count). The zero-order valence-corrected chi connectivity index (χ0v) is 10.5. The topological polar surface area (TPSA) is 9.23 Å². The van der Waals surface area contributed by atoms with Crippen molar-refractivity contribution in [2.75, 3.05) is 6.61 Å². The fourth-order valence-corrected chi connectivity index (χ4v) is 1.58. The van der Waals surface area contributed by atoms with Crippen LogP contribution < -0.4 is 4.74 Å². The predicted molar refractivity (Wildman–Crippen MR) is 63.7 cm³/mol. The van der Waals surface area contributed by atoms with Gasteiger partial charge < -0.3 is 4.74 Å². The number of hydrogen-bond acceptors (Lipinski definition) is 2. The summed E-state index contributed by atoms with van der Waals surface area (Å²) in [4.78, 5) is 0.491. The van der Waals surface area contributed by atoms with Gasteiger partial charge in [-0.15, -0.1) is 12.6 Å². The standard InChI is InChI=1S/C12H14F4OS/c13-10-8-9(18)4-5-11(10)17-7-3-1-2-6-12(14,15)16/h4-5,8,18H,1-3,6-7H2. The Morgan fingerprint density at radius 3 is 2.44 bits per heavy atom. The van der Waals surface area contributed by atoms with Gasteiger partial charge >= 0.3 is 6.18 Å². The summed E-state index contributed by atoms with van der Waals surface area (Å²) in [7, 11) is 0. The molecule has 1 nitrogen and oxygen atoms in total. The van der Waals surface area contributed by atoms with Gasteiger partial charge in [-0.1, -0.05) is 0 Å². The summed E-state index contributed by atoms with van der Waals surface area (Å²) in [5.74, 6) is -0.415. The first-order valence-electron chi connectivity index (χ1n) is 5.56. The van der Waals surface area contributed by atoms with Gasteiger partial charge in [-0.25, -0.2) is 4.39 Å². The van der Waals surface area contributed by atoms with Gasteiger partial charge in [0.05, 0.1) is 6.61 Å². The Kier molecular flexibility index (Phi) is 5.78. The van der Waals surface area contributed by atoms with Crippen LogP contribution in [-0.4, -0.2) is 12.8 Å². The molecule has 0 aromatic heterocycles. The van der Waals surface area contributed by atoms with Crippen molar-refractivity contribution in [3.8, 4) is 5.75 Å². The van der Waals surface area contributed by atoms with Crippen molar-refractivity contribution < 1.29 is 22.3 Å². The fourth-order valence-electron chi connectivity index (χ4n) is 1.39. The second-order valence-electron chi connectivity index (χ2n) is 3.89. The van der Waals surface area contributed by atoms with Crippen molar-refractivity contribution in [2.24, 2.45) is 0 Å². The minimum absolute atomic E-state index is 0.0743. The van der Waals surface area contributed by atoms with Crippen LogP contribution in [0.4, 0.5) is 17.6 Å². The van der Waals surface area contributed by atoms with Crippen molar-refractivity contribution in [1.29, 1.82) is 0 Å². The number of thiol groups is 1. The molecule has 1 aromatic carbocycles. The third-order valence-corrected chi connectivity index (χ3v) is 2.56. The maximum absolute atomic E-state index is 13.3. The minimum Gasteiger partial charge on any atom is -0.491 e. The highest BCUT2D eigenvalue weighted by molar-refractivity contribution is 7.80. The molecule has 0 amide bonds. The van der Waals surface area contributed by atoms with E-state index in [1.807, 2.05) is 0 Å². The van der Waals surface area contributed by atoms with Crippen LogP contribution in [0.15, 0.2) is 23.1 Å². The first-order chi connectivity index (χ1) is 8.38. The lowest BCUT2D eigenvalue weighted by Gasteiger charge is -2.08. The van der Waals surface area contributed by atoms with Crippen molar-refractivity contribution in [3.05, 3.63) is 24.0 Å². The van der Waals surface area contributed by atoms with Gasteiger partial charge in [0.2, 0.25) is 0 Å². The molecule has 0 spiro atoms. The van der Waals surface area contributed by atoms with Crippen LogP contribution in [0.5, 0.6) is 5.75 Å². The lowest BCUT2D eigenvalue weighted by Crippen LogP contribution is -2.07. The van der Waals surface area contributed by atoms with Crippen LogP contribution in [0.25, 0.3) is 0 Å². The molecular weight excluding hydrogens is 268 g/mol. The summed E-state index contributed by atoms with van der Waals surface area (Å²) in [6.45, 7) is 0.209. The van der Waals surface area contributed by atoms with E-state index in [0.29, 0.717) is 17.7 Å². The van der Waals surface area contributed by atoms with Crippen LogP contribution >= 0.6 is 12.6 Å². The van der Waals surface area contributed by atoms with E-state index in [4.69, 9.17) is 4.74 Å². The summed E-state index contributed by atoms with van der Waals surface area (Å²) >= 11 is 3.96. The predicted octanol–water partition coefficient (Wildman–Crippen LogP) is 4.62. The highest BCUT2D eigenvalue weighted by Crippen LogP contribution is 2.23. The lowest BCUT2D eigenvalue weighted by atomic mass is 10.2. The zero-order chi connectivity index (χ0) is 13.6. The number of unbranched alkanes of at least 4 members (excludes halogenated alkanes) is 2. The Balaban J connectivity index is 2.18. The molecule has 0 unspecified atom stereocenters. The number of halogens is 4.